The van der Waals surface area contributed by atoms with Crippen molar-refractivity contribution < 1.29 is 15.3 Å². The summed E-state index contributed by atoms with van der Waals surface area (Å²) in [4.78, 5) is 0. The second kappa shape index (κ2) is 21.3. The second-order valence-electron chi connectivity index (χ2n) is 8.40. The van der Waals surface area contributed by atoms with Crippen molar-refractivity contribution in [1.29, 1.82) is 0 Å². The van der Waals surface area contributed by atoms with E-state index in [1.54, 1.807) is 0 Å². The van der Waals surface area contributed by atoms with Crippen LogP contribution in [0.25, 0.3) is 0 Å². The number of aliphatic hydroxyl groups is 3. The van der Waals surface area contributed by atoms with Crippen molar-refractivity contribution in [1.82, 2.24) is 0 Å². The predicted molar refractivity (Wildman–Crippen MR) is 120 cm³/mol. The fourth-order valence-electron chi connectivity index (χ4n) is 4.10. The summed E-state index contributed by atoms with van der Waals surface area (Å²) in [6.07, 6.45) is 24.1. The van der Waals surface area contributed by atoms with Crippen molar-refractivity contribution in [2.24, 2.45) is 11.1 Å². The molecule has 0 saturated heterocycles. The van der Waals surface area contributed by atoms with E-state index in [9.17, 15) is 15.3 Å². The molecule has 0 rings (SSSR count). The SMILES string of the molecule is NCCCCCCCC/C=C\CCCCCCCC(CCO)(CCO)CCO. The van der Waals surface area contributed by atoms with Gasteiger partial charge in [0.2, 0.25) is 0 Å². The zero-order valence-corrected chi connectivity index (χ0v) is 18.4. The van der Waals surface area contributed by atoms with Gasteiger partial charge in [-0.05, 0) is 69.7 Å². The van der Waals surface area contributed by atoms with Gasteiger partial charge in [-0.1, -0.05) is 63.5 Å². The minimum atomic E-state index is -0.0780. The number of rotatable bonds is 22. The van der Waals surface area contributed by atoms with Crippen LogP contribution in [0.5, 0.6) is 0 Å². The molecule has 0 fully saturated rings. The van der Waals surface area contributed by atoms with Gasteiger partial charge in [-0.15, -0.1) is 0 Å². The van der Waals surface area contributed by atoms with Crippen LogP contribution in [0.15, 0.2) is 12.2 Å². The van der Waals surface area contributed by atoms with E-state index in [0.29, 0.717) is 19.3 Å². The average molecular weight is 400 g/mol. The highest BCUT2D eigenvalue weighted by Crippen LogP contribution is 2.36. The van der Waals surface area contributed by atoms with Crippen LogP contribution in [0, 0.1) is 5.41 Å². The predicted octanol–water partition coefficient (Wildman–Crippen LogP) is 5.10. The highest BCUT2D eigenvalue weighted by molar-refractivity contribution is 4.81. The minimum Gasteiger partial charge on any atom is -0.396 e. The third-order valence-electron chi connectivity index (χ3n) is 6.00. The van der Waals surface area contributed by atoms with Gasteiger partial charge in [0.15, 0.2) is 0 Å². The molecule has 0 amide bonds. The first-order valence-electron chi connectivity index (χ1n) is 11.9. The summed E-state index contributed by atoms with van der Waals surface area (Å²) in [5.74, 6) is 0. The fraction of sp³-hybridized carbons (Fsp3) is 0.917. The van der Waals surface area contributed by atoms with E-state index in [-0.39, 0.29) is 25.2 Å². The number of hydrogen-bond acceptors (Lipinski definition) is 4. The Bertz CT molecular complexity index is 317. The third kappa shape index (κ3) is 16.5. The molecule has 0 radical (unpaired) electrons. The van der Waals surface area contributed by atoms with Crippen molar-refractivity contribution in [2.45, 2.75) is 109 Å². The lowest BCUT2D eigenvalue weighted by molar-refractivity contribution is 0.0885. The molecule has 0 saturated carbocycles. The molecule has 0 aromatic heterocycles. The van der Waals surface area contributed by atoms with Crippen LogP contribution in [0.3, 0.4) is 0 Å². The van der Waals surface area contributed by atoms with Crippen molar-refractivity contribution in [3.8, 4) is 0 Å². The van der Waals surface area contributed by atoms with Gasteiger partial charge in [-0.2, -0.15) is 0 Å². The number of unbranched alkanes of at least 4 members (excludes halogenated alkanes) is 11. The highest BCUT2D eigenvalue weighted by Gasteiger charge is 2.27. The van der Waals surface area contributed by atoms with E-state index in [4.69, 9.17) is 5.73 Å². The van der Waals surface area contributed by atoms with Gasteiger partial charge >= 0.3 is 0 Å². The highest BCUT2D eigenvalue weighted by atomic mass is 16.3. The smallest absolute Gasteiger partial charge is 0.0436 e. The maximum absolute atomic E-state index is 9.32. The van der Waals surface area contributed by atoms with E-state index in [2.05, 4.69) is 12.2 Å². The van der Waals surface area contributed by atoms with Crippen molar-refractivity contribution >= 4 is 0 Å². The molecule has 0 aromatic rings. The molecule has 4 heteroatoms. The van der Waals surface area contributed by atoms with Gasteiger partial charge < -0.3 is 21.1 Å². The first-order chi connectivity index (χ1) is 13.7. The number of aliphatic hydroxyl groups excluding tert-OH is 3. The summed E-state index contributed by atoms with van der Waals surface area (Å²) in [6, 6.07) is 0. The van der Waals surface area contributed by atoms with Gasteiger partial charge in [-0.3, -0.25) is 0 Å². The van der Waals surface area contributed by atoms with Gasteiger partial charge in [0, 0.05) is 19.8 Å². The Morgan fingerprint density at radius 1 is 0.500 bits per heavy atom. The largest absolute Gasteiger partial charge is 0.396 e. The molecule has 0 spiro atoms. The van der Waals surface area contributed by atoms with Crippen molar-refractivity contribution in [3.05, 3.63) is 12.2 Å². The fourth-order valence-corrected chi connectivity index (χ4v) is 4.10. The van der Waals surface area contributed by atoms with Crippen LogP contribution in [-0.4, -0.2) is 41.7 Å². The molecule has 5 N–H and O–H groups in total. The Kier molecular flexibility index (Phi) is 21.0. The Labute approximate surface area is 174 Å². The molecule has 0 heterocycles. The Morgan fingerprint density at radius 2 is 0.893 bits per heavy atom. The molecule has 0 aliphatic rings. The average Bonchev–Trinajstić information content (AvgIpc) is 2.68. The van der Waals surface area contributed by atoms with E-state index >= 15 is 0 Å². The zero-order valence-electron chi connectivity index (χ0n) is 18.4. The van der Waals surface area contributed by atoms with Crippen LogP contribution in [0.1, 0.15) is 109 Å². The van der Waals surface area contributed by atoms with Crippen LogP contribution in [0.2, 0.25) is 0 Å². The standard InChI is InChI=1S/C24H49NO3/c25-20-15-13-11-9-7-5-3-1-2-4-6-8-10-12-14-16-24(17-21-26,18-22-27)19-23-28/h1-2,26-28H,3-23,25H2/b2-1-. The quantitative estimate of drug-likeness (QED) is 0.151. The molecule has 28 heavy (non-hydrogen) atoms. The topological polar surface area (TPSA) is 86.7 Å². The monoisotopic (exact) mass is 399 g/mol. The van der Waals surface area contributed by atoms with E-state index in [1.807, 2.05) is 0 Å². The van der Waals surface area contributed by atoms with Crippen molar-refractivity contribution in [3.63, 3.8) is 0 Å². The summed E-state index contributed by atoms with van der Waals surface area (Å²) in [6.45, 7) is 1.25. The lowest BCUT2D eigenvalue weighted by atomic mass is 9.74. The van der Waals surface area contributed by atoms with Gasteiger partial charge in [0.25, 0.3) is 0 Å². The summed E-state index contributed by atoms with van der Waals surface area (Å²) in [7, 11) is 0. The molecule has 0 atom stereocenters. The normalized spacial score (nSPS) is 12.3. The number of nitrogens with two attached hydrogens (primary N) is 1. The summed E-state index contributed by atoms with van der Waals surface area (Å²) in [5.41, 5.74) is 5.42. The van der Waals surface area contributed by atoms with Gasteiger partial charge in [0.05, 0.1) is 0 Å². The van der Waals surface area contributed by atoms with Crippen molar-refractivity contribution in [2.75, 3.05) is 26.4 Å². The Balaban J connectivity index is 3.57. The molecular weight excluding hydrogens is 350 g/mol. The molecule has 168 valence electrons. The van der Waals surface area contributed by atoms with Gasteiger partial charge in [0.1, 0.15) is 0 Å². The van der Waals surface area contributed by atoms with Crippen LogP contribution in [0.4, 0.5) is 0 Å². The summed E-state index contributed by atoms with van der Waals surface area (Å²) in [5, 5.41) is 27.9. The number of allylic oxidation sites excluding steroid dienone is 2. The molecule has 4 nitrogen and oxygen atoms in total. The molecule has 0 aromatic carbocycles. The summed E-state index contributed by atoms with van der Waals surface area (Å²) >= 11 is 0. The number of hydrogen-bond donors (Lipinski definition) is 4. The maximum Gasteiger partial charge on any atom is 0.0436 e. The second-order valence-corrected chi connectivity index (χ2v) is 8.40. The zero-order chi connectivity index (χ0) is 20.8. The Hall–Kier alpha value is -0.420. The van der Waals surface area contributed by atoms with Crippen LogP contribution < -0.4 is 5.73 Å². The van der Waals surface area contributed by atoms with Crippen LogP contribution in [-0.2, 0) is 0 Å². The first-order valence-corrected chi connectivity index (χ1v) is 11.9. The molecule has 0 unspecified atom stereocenters. The Morgan fingerprint density at radius 3 is 1.32 bits per heavy atom. The molecule has 0 bridgehead atoms. The molecular formula is C24H49NO3. The third-order valence-corrected chi connectivity index (χ3v) is 6.00. The molecule has 0 aliphatic heterocycles. The maximum atomic E-state index is 9.32. The van der Waals surface area contributed by atoms with E-state index < -0.39 is 0 Å². The summed E-state index contributed by atoms with van der Waals surface area (Å²) < 4.78 is 0. The molecule has 0 aliphatic carbocycles. The van der Waals surface area contributed by atoms with E-state index in [1.165, 1.54) is 77.0 Å². The van der Waals surface area contributed by atoms with Gasteiger partial charge in [-0.25, -0.2) is 0 Å². The minimum absolute atomic E-state index is 0.0780. The first kappa shape index (κ1) is 27.6. The lowest BCUT2D eigenvalue weighted by Crippen LogP contribution is -2.25. The van der Waals surface area contributed by atoms with Crippen LogP contribution >= 0.6 is 0 Å². The lowest BCUT2D eigenvalue weighted by Gasteiger charge is -2.32. The van der Waals surface area contributed by atoms with E-state index in [0.717, 1.165) is 19.4 Å².